The van der Waals surface area contributed by atoms with Gasteiger partial charge in [-0.1, -0.05) is 12.1 Å². The second-order valence-corrected chi connectivity index (χ2v) is 6.45. The molecule has 128 valence electrons. The van der Waals surface area contributed by atoms with Crippen molar-refractivity contribution in [3.8, 4) is 5.75 Å². The zero-order valence-electron chi connectivity index (χ0n) is 13.2. The van der Waals surface area contributed by atoms with Crippen molar-refractivity contribution in [3.63, 3.8) is 0 Å². The van der Waals surface area contributed by atoms with E-state index in [1.807, 2.05) is 0 Å². The molecule has 0 unspecified atom stereocenters. The Hall–Kier alpha value is -2.41. The van der Waals surface area contributed by atoms with Crippen LogP contribution in [0.15, 0.2) is 24.3 Å². The average molecular weight is 333 g/mol. The minimum Gasteiger partial charge on any atom is -0.481 e. The Kier molecular flexibility index (Phi) is 4.04. The predicted molar refractivity (Wildman–Crippen MR) is 81.8 cm³/mol. The van der Waals surface area contributed by atoms with Gasteiger partial charge in [-0.15, -0.1) is 0 Å². The van der Waals surface area contributed by atoms with Crippen molar-refractivity contribution in [1.82, 2.24) is 0 Å². The van der Waals surface area contributed by atoms with Crippen LogP contribution in [0.2, 0.25) is 0 Å². The monoisotopic (exact) mass is 333 g/mol. The molecule has 0 heterocycles. The Bertz CT molecular complexity index is 685. The largest absolute Gasteiger partial charge is 0.481 e. The number of hydrogen-bond acceptors (Lipinski definition) is 6. The molecule has 24 heavy (non-hydrogen) atoms. The van der Waals surface area contributed by atoms with Gasteiger partial charge in [-0.3, -0.25) is 14.4 Å². The molecule has 1 aromatic rings. The first-order valence-corrected chi connectivity index (χ1v) is 7.79. The van der Waals surface area contributed by atoms with Crippen molar-refractivity contribution in [2.45, 2.75) is 31.9 Å². The molecule has 2 fully saturated rings. The van der Waals surface area contributed by atoms with E-state index in [4.69, 9.17) is 20.3 Å². The van der Waals surface area contributed by atoms with E-state index in [9.17, 15) is 14.4 Å². The lowest BCUT2D eigenvalue weighted by Crippen LogP contribution is -2.50. The summed E-state index contributed by atoms with van der Waals surface area (Å²) in [6.07, 6.45) is 1.10. The van der Waals surface area contributed by atoms with Gasteiger partial charge in [0.1, 0.15) is 17.9 Å². The summed E-state index contributed by atoms with van der Waals surface area (Å²) >= 11 is 0. The van der Waals surface area contributed by atoms with Crippen LogP contribution in [0.3, 0.4) is 0 Å². The van der Waals surface area contributed by atoms with E-state index < -0.39 is 29.4 Å². The molecular weight excluding hydrogens is 314 g/mol. The lowest BCUT2D eigenvalue weighted by molar-refractivity contribution is -0.153. The number of carboxylic acid groups (broad SMARTS) is 1. The van der Waals surface area contributed by atoms with Crippen LogP contribution < -0.4 is 10.5 Å². The van der Waals surface area contributed by atoms with Gasteiger partial charge in [0.2, 0.25) is 0 Å². The summed E-state index contributed by atoms with van der Waals surface area (Å²) in [6, 6.07) is 6.58. The molecule has 2 saturated carbocycles. The summed E-state index contributed by atoms with van der Waals surface area (Å²) in [7, 11) is 0. The normalized spacial score (nSPS) is 30.3. The quantitative estimate of drug-likeness (QED) is 0.612. The Labute approximate surface area is 138 Å². The van der Waals surface area contributed by atoms with Gasteiger partial charge in [0.05, 0.1) is 5.92 Å². The van der Waals surface area contributed by atoms with E-state index >= 15 is 0 Å². The smallest absolute Gasteiger partial charge is 0.326 e. The number of benzene rings is 1. The molecular formula is C17H19NO6. The number of hydrogen-bond donors (Lipinski definition) is 2. The fraction of sp³-hybridized carbons (Fsp3) is 0.471. The van der Waals surface area contributed by atoms with Crippen LogP contribution in [0.5, 0.6) is 5.75 Å². The van der Waals surface area contributed by atoms with Gasteiger partial charge in [-0.25, -0.2) is 0 Å². The van der Waals surface area contributed by atoms with Crippen molar-refractivity contribution in [3.05, 3.63) is 29.8 Å². The Morgan fingerprint density at radius 2 is 1.96 bits per heavy atom. The van der Waals surface area contributed by atoms with Crippen LogP contribution in [0.4, 0.5) is 0 Å². The second-order valence-electron chi connectivity index (χ2n) is 6.45. The first-order valence-electron chi connectivity index (χ1n) is 7.79. The zero-order valence-corrected chi connectivity index (χ0v) is 13.2. The lowest BCUT2D eigenvalue weighted by Gasteiger charge is -2.24. The maximum absolute atomic E-state index is 12.3. The Morgan fingerprint density at radius 1 is 1.29 bits per heavy atom. The third kappa shape index (κ3) is 2.87. The van der Waals surface area contributed by atoms with Gasteiger partial charge >= 0.3 is 17.9 Å². The summed E-state index contributed by atoms with van der Waals surface area (Å²) in [5.41, 5.74) is 5.69. The van der Waals surface area contributed by atoms with Crippen LogP contribution in [-0.2, 0) is 25.7 Å². The highest BCUT2D eigenvalue weighted by Crippen LogP contribution is 2.61. The van der Waals surface area contributed by atoms with E-state index in [-0.39, 0.29) is 18.4 Å². The highest BCUT2D eigenvalue weighted by Gasteiger charge is 2.70. The molecule has 4 atom stereocenters. The SMILES string of the molecule is CC(=O)Oc1ccc(COC(=O)[C@]2(N)CC[C@H]3[C@H](C(=O)O)[C@H]32)cc1. The maximum Gasteiger partial charge on any atom is 0.326 e. The summed E-state index contributed by atoms with van der Waals surface area (Å²) in [5, 5.41) is 9.13. The summed E-state index contributed by atoms with van der Waals surface area (Å²) in [6.45, 7) is 1.35. The second kappa shape index (κ2) is 5.90. The molecule has 2 aliphatic rings. The highest BCUT2D eigenvalue weighted by atomic mass is 16.5. The van der Waals surface area contributed by atoms with E-state index in [1.54, 1.807) is 24.3 Å². The van der Waals surface area contributed by atoms with Crippen molar-refractivity contribution in [2.24, 2.45) is 23.5 Å². The molecule has 0 spiro atoms. The standard InChI is InChI=1S/C17H19NO6/c1-9(19)24-11-4-2-10(3-5-11)8-23-16(22)17(18)7-6-12-13(14(12)17)15(20)21/h2-5,12-14H,6-8,18H2,1H3,(H,20,21)/t12-,13-,14-,17-/m0/s1. The van der Waals surface area contributed by atoms with Crippen LogP contribution in [0, 0.1) is 17.8 Å². The van der Waals surface area contributed by atoms with E-state index in [1.165, 1.54) is 6.92 Å². The molecule has 7 nitrogen and oxygen atoms in total. The number of nitrogens with two attached hydrogens (primary N) is 1. The van der Waals surface area contributed by atoms with E-state index in [0.29, 0.717) is 18.6 Å². The molecule has 0 aliphatic heterocycles. The molecule has 2 aliphatic carbocycles. The van der Waals surface area contributed by atoms with Gasteiger partial charge in [0.15, 0.2) is 0 Å². The highest BCUT2D eigenvalue weighted by molar-refractivity contribution is 5.86. The van der Waals surface area contributed by atoms with E-state index in [0.717, 1.165) is 5.56 Å². The van der Waals surface area contributed by atoms with Gasteiger partial charge in [-0.05, 0) is 36.5 Å². The lowest BCUT2D eigenvalue weighted by atomic mass is 9.91. The number of carbonyl (C=O) groups excluding carboxylic acids is 2. The fourth-order valence-electron chi connectivity index (χ4n) is 3.69. The summed E-state index contributed by atoms with van der Waals surface area (Å²) < 4.78 is 10.2. The van der Waals surface area contributed by atoms with Crippen molar-refractivity contribution in [2.75, 3.05) is 0 Å². The topological polar surface area (TPSA) is 116 Å². The third-order valence-corrected chi connectivity index (χ3v) is 4.87. The molecule has 3 rings (SSSR count). The maximum atomic E-state index is 12.3. The van der Waals surface area contributed by atoms with Gasteiger partial charge in [-0.2, -0.15) is 0 Å². The molecule has 0 saturated heterocycles. The molecule has 7 heteroatoms. The van der Waals surface area contributed by atoms with Crippen molar-refractivity contribution >= 4 is 17.9 Å². The molecule has 0 amide bonds. The van der Waals surface area contributed by atoms with Crippen LogP contribution in [0.1, 0.15) is 25.3 Å². The molecule has 1 aromatic carbocycles. The molecule has 0 aromatic heterocycles. The van der Waals surface area contributed by atoms with Crippen LogP contribution >= 0.6 is 0 Å². The van der Waals surface area contributed by atoms with Crippen LogP contribution in [0.25, 0.3) is 0 Å². The van der Waals surface area contributed by atoms with Crippen LogP contribution in [-0.4, -0.2) is 28.6 Å². The van der Waals surface area contributed by atoms with Gasteiger partial charge in [0, 0.05) is 12.8 Å². The number of carbonyl (C=O) groups is 3. The van der Waals surface area contributed by atoms with Crippen molar-refractivity contribution in [1.29, 1.82) is 0 Å². The van der Waals surface area contributed by atoms with Gasteiger partial charge in [0.25, 0.3) is 0 Å². The number of aliphatic carboxylic acids is 1. The number of fused-ring (bicyclic) bond motifs is 1. The summed E-state index contributed by atoms with van der Waals surface area (Å²) in [5.74, 6) is -2.31. The predicted octanol–water partition coefficient (Wildman–Crippen LogP) is 1.09. The first kappa shape index (κ1) is 16.4. The number of esters is 2. The summed E-state index contributed by atoms with van der Waals surface area (Å²) in [4.78, 5) is 34.3. The fourth-order valence-corrected chi connectivity index (χ4v) is 3.69. The minimum atomic E-state index is -1.20. The minimum absolute atomic E-state index is 0.0111. The van der Waals surface area contributed by atoms with E-state index in [2.05, 4.69) is 0 Å². The zero-order chi connectivity index (χ0) is 17.5. The number of ether oxygens (including phenoxy) is 2. The Balaban J connectivity index is 1.58. The number of rotatable bonds is 5. The number of carboxylic acids is 1. The third-order valence-electron chi connectivity index (χ3n) is 4.87. The van der Waals surface area contributed by atoms with Gasteiger partial charge < -0.3 is 20.3 Å². The first-order chi connectivity index (χ1) is 11.3. The molecule has 0 radical (unpaired) electrons. The molecule has 0 bridgehead atoms. The molecule has 3 N–H and O–H groups in total. The van der Waals surface area contributed by atoms with Crippen molar-refractivity contribution < 1.29 is 29.0 Å². The average Bonchev–Trinajstić information content (AvgIpc) is 3.17. The Morgan fingerprint density at radius 3 is 2.50 bits per heavy atom.